The Morgan fingerprint density at radius 2 is 1.93 bits per heavy atom. The number of sulfonamides is 1. The number of methoxy groups -OCH3 is 1. The maximum absolute atomic E-state index is 13.9. The summed E-state index contributed by atoms with van der Waals surface area (Å²) in [5.41, 5.74) is 0.245. The Morgan fingerprint density at radius 1 is 1.18 bits per heavy atom. The van der Waals surface area contributed by atoms with Crippen LogP contribution in [0.3, 0.4) is 0 Å². The third-order valence-corrected chi connectivity index (χ3v) is 5.33. The van der Waals surface area contributed by atoms with Crippen molar-refractivity contribution >= 4 is 16.0 Å². The highest BCUT2D eigenvalue weighted by atomic mass is 32.2. The maximum atomic E-state index is 13.9. The summed E-state index contributed by atoms with van der Waals surface area (Å²) >= 11 is 0. The molecule has 0 radical (unpaired) electrons. The summed E-state index contributed by atoms with van der Waals surface area (Å²) in [6.07, 6.45) is 1.88. The summed E-state index contributed by atoms with van der Waals surface area (Å²) in [6, 6.07) is 7.54. The number of benzene rings is 2. The van der Waals surface area contributed by atoms with E-state index in [1.54, 1.807) is 18.2 Å². The second-order valence-electron chi connectivity index (χ2n) is 5.96. The van der Waals surface area contributed by atoms with E-state index in [-0.39, 0.29) is 12.1 Å². The van der Waals surface area contributed by atoms with Crippen LogP contribution in [0.1, 0.15) is 35.7 Å². The van der Waals surface area contributed by atoms with Crippen molar-refractivity contribution in [3.63, 3.8) is 0 Å². The van der Waals surface area contributed by atoms with Crippen molar-refractivity contribution in [3.8, 4) is 11.5 Å². The van der Waals surface area contributed by atoms with Gasteiger partial charge in [-0.1, -0.05) is 19.4 Å². The smallest absolute Gasteiger partial charge is 0.335 e. The molecule has 28 heavy (non-hydrogen) atoms. The molecule has 2 aromatic rings. The second kappa shape index (κ2) is 9.52. The maximum Gasteiger partial charge on any atom is 0.335 e. The number of hydrogen-bond acceptors (Lipinski definition) is 5. The Bertz CT molecular complexity index is 945. The largest absolute Gasteiger partial charge is 0.493 e. The molecular formula is C19H22FNO6S. The molecule has 2 N–H and O–H groups in total. The topological polar surface area (TPSA) is 102 Å². The minimum Gasteiger partial charge on any atom is -0.493 e. The number of carbonyl (C=O) groups is 1. The normalized spacial score (nSPS) is 11.2. The highest BCUT2D eigenvalue weighted by molar-refractivity contribution is 7.89. The molecule has 2 rings (SSSR count). The molecule has 0 aliphatic heterocycles. The summed E-state index contributed by atoms with van der Waals surface area (Å²) in [7, 11) is -2.78. The Kier molecular flexibility index (Phi) is 7.36. The molecule has 0 fully saturated rings. The van der Waals surface area contributed by atoms with Gasteiger partial charge in [0.05, 0.1) is 19.3 Å². The minimum absolute atomic E-state index is 0.134. The summed E-state index contributed by atoms with van der Waals surface area (Å²) in [5, 5.41) is 8.97. The van der Waals surface area contributed by atoms with Crippen molar-refractivity contribution in [3.05, 3.63) is 53.3 Å². The third-order valence-electron chi connectivity index (χ3n) is 3.92. The van der Waals surface area contributed by atoms with E-state index in [2.05, 4.69) is 4.72 Å². The van der Waals surface area contributed by atoms with E-state index in [9.17, 15) is 17.6 Å². The zero-order chi connectivity index (χ0) is 20.7. The fourth-order valence-electron chi connectivity index (χ4n) is 2.37. The van der Waals surface area contributed by atoms with Crippen molar-refractivity contribution in [2.45, 2.75) is 31.2 Å². The zero-order valence-electron chi connectivity index (χ0n) is 15.6. The average molecular weight is 411 g/mol. The van der Waals surface area contributed by atoms with Crippen molar-refractivity contribution in [2.75, 3.05) is 13.7 Å². The lowest BCUT2D eigenvalue weighted by Gasteiger charge is -2.13. The number of ether oxygens (including phenoxy) is 2. The van der Waals surface area contributed by atoms with E-state index >= 15 is 0 Å². The van der Waals surface area contributed by atoms with Crippen LogP contribution < -0.4 is 14.2 Å². The molecule has 0 saturated heterocycles. The van der Waals surface area contributed by atoms with Gasteiger partial charge in [-0.2, -0.15) is 0 Å². The van der Waals surface area contributed by atoms with E-state index < -0.39 is 26.7 Å². The van der Waals surface area contributed by atoms with Gasteiger partial charge in [0.2, 0.25) is 10.0 Å². The zero-order valence-corrected chi connectivity index (χ0v) is 16.4. The van der Waals surface area contributed by atoms with Crippen molar-refractivity contribution in [2.24, 2.45) is 0 Å². The van der Waals surface area contributed by atoms with Gasteiger partial charge < -0.3 is 14.6 Å². The van der Waals surface area contributed by atoms with E-state index in [0.717, 1.165) is 31.0 Å². The summed E-state index contributed by atoms with van der Waals surface area (Å²) in [5.74, 6) is -1.38. The van der Waals surface area contributed by atoms with Gasteiger partial charge in [0.1, 0.15) is 10.7 Å². The number of hydrogen-bond donors (Lipinski definition) is 2. The predicted octanol–water partition coefficient (Wildman–Crippen LogP) is 3.19. The monoisotopic (exact) mass is 411 g/mol. The van der Waals surface area contributed by atoms with Gasteiger partial charge >= 0.3 is 5.97 Å². The number of aromatic carboxylic acids is 1. The fraction of sp³-hybridized carbons (Fsp3) is 0.316. The highest BCUT2D eigenvalue weighted by Crippen LogP contribution is 2.28. The standard InChI is InChI=1S/C19H22FNO6S/c1-3-4-9-27-16-8-5-13(10-17(16)26-2)12-21-28(24,25)18-11-14(19(22)23)6-7-15(18)20/h5-8,10-11,21H,3-4,9,12H2,1-2H3,(H,22,23). The van der Waals surface area contributed by atoms with Crippen LogP contribution in [0.2, 0.25) is 0 Å². The number of carboxylic acids is 1. The minimum atomic E-state index is -4.25. The van der Waals surface area contributed by atoms with Crippen LogP contribution >= 0.6 is 0 Å². The molecule has 0 bridgehead atoms. The van der Waals surface area contributed by atoms with Gasteiger partial charge in [0, 0.05) is 6.54 Å². The van der Waals surface area contributed by atoms with Crippen LogP contribution in [0.5, 0.6) is 11.5 Å². The Hall–Kier alpha value is -2.65. The molecule has 0 saturated carbocycles. The molecule has 0 aromatic heterocycles. The first-order chi connectivity index (χ1) is 13.3. The first-order valence-corrected chi connectivity index (χ1v) is 10.1. The lowest BCUT2D eigenvalue weighted by Crippen LogP contribution is -2.24. The van der Waals surface area contributed by atoms with Crippen LogP contribution in [0.25, 0.3) is 0 Å². The molecule has 0 atom stereocenters. The Balaban J connectivity index is 2.16. The Morgan fingerprint density at radius 3 is 2.57 bits per heavy atom. The molecule has 0 aliphatic rings. The highest BCUT2D eigenvalue weighted by Gasteiger charge is 2.21. The van der Waals surface area contributed by atoms with Gasteiger partial charge in [-0.25, -0.2) is 22.3 Å². The summed E-state index contributed by atoms with van der Waals surface area (Å²) in [4.78, 5) is 10.3. The molecule has 0 heterocycles. The van der Waals surface area contributed by atoms with Crippen molar-refractivity contribution in [1.29, 1.82) is 0 Å². The molecule has 2 aromatic carbocycles. The second-order valence-corrected chi connectivity index (χ2v) is 7.70. The van der Waals surface area contributed by atoms with Crippen LogP contribution in [-0.2, 0) is 16.6 Å². The first-order valence-electron chi connectivity index (χ1n) is 8.60. The van der Waals surface area contributed by atoms with E-state index in [1.165, 1.54) is 7.11 Å². The van der Waals surface area contributed by atoms with Crippen LogP contribution in [0, 0.1) is 5.82 Å². The number of nitrogens with one attached hydrogen (secondary N) is 1. The fourth-order valence-corrected chi connectivity index (χ4v) is 3.49. The molecule has 152 valence electrons. The lowest BCUT2D eigenvalue weighted by molar-refractivity contribution is 0.0696. The quantitative estimate of drug-likeness (QED) is 0.582. The first kappa shape index (κ1) is 21.6. The van der Waals surface area contributed by atoms with Gasteiger partial charge in [0.15, 0.2) is 11.5 Å². The van der Waals surface area contributed by atoms with Gasteiger partial charge in [0.25, 0.3) is 0 Å². The van der Waals surface area contributed by atoms with E-state index in [1.807, 2.05) is 6.92 Å². The van der Waals surface area contributed by atoms with Gasteiger partial charge in [-0.15, -0.1) is 0 Å². The molecule has 9 heteroatoms. The van der Waals surface area contributed by atoms with Gasteiger partial charge in [-0.3, -0.25) is 0 Å². The lowest BCUT2D eigenvalue weighted by atomic mass is 10.2. The van der Waals surface area contributed by atoms with E-state index in [0.29, 0.717) is 23.7 Å². The third kappa shape index (κ3) is 5.43. The predicted molar refractivity (Wildman–Crippen MR) is 101 cm³/mol. The van der Waals surface area contributed by atoms with E-state index in [4.69, 9.17) is 14.6 Å². The SMILES string of the molecule is CCCCOc1ccc(CNS(=O)(=O)c2cc(C(=O)O)ccc2F)cc1OC. The van der Waals surface area contributed by atoms with Crippen LogP contribution in [0.4, 0.5) is 4.39 Å². The molecule has 0 spiro atoms. The number of unbranched alkanes of at least 4 members (excludes halogenated alkanes) is 1. The molecule has 0 unspecified atom stereocenters. The van der Waals surface area contributed by atoms with Crippen LogP contribution in [-0.4, -0.2) is 33.2 Å². The molecule has 7 nitrogen and oxygen atoms in total. The molecule has 0 aliphatic carbocycles. The number of halogens is 1. The Labute approximate surface area is 163 Å². The van der Waals surface area contributed by atoms with Crippen molar-refractivity contribution < 1.29 is 32.2 Å². The average Bonchev–Trinajstić information content (AvgIpc) is 2.67. The summed E-state index contributed by atoms with van der Waals surface area (Å²) < 4.78 is 51.9. The molecular weight excluding hydrogens is 389 g/mol. The molecule has 0 amide bonds. The summed E-state index contributed by atoms with van der Waals surface area (Å²) in [6.45, 7) is 2.45. The number of carboxylic acid groups (broad SMARTS) is 1. The van der Waals surface area contributed by atoms with Crippen LogP contribution in [0.15, 0.2) is 41.3 Å². The number of rotatable bonds is 10. The van der Waals surface area contributed by atoms with Crippen molar-refractivity contribution in [1.82, 2.24) is 4.72 Å². The van der Waals surface area contributed by atoms with Gasteiger partial charge in [-0.05, 0) is 42.3 Å².